The fourth-order valence-electron chi connectivity index (χ4n) is 1.06. The van der Waals surface area contributed by atoms with Gasteiger partial charge in [-0.05, 0) is 17.6 Å². The molecule has 0 aliphatic carbocycles. The van der Waals surface area contributed by atoms with Crippen LogP contribution in [0.4, 0.5) is 5.82 Å². The minimum Gasteiger partial charge on any atom is -0.384 e. The first kappa shape index (κ1) is 6.72. The Morgan fingerprint density at radius 1 is 1.55 bits per heavy atom. The molecule has 0 saturated heterocycles. The molecule has 0 aliphatic rings. The van der Waals surface area contributed by atoms with Crippen LogP contribution in [0.3, 0.4) is 0 Å². The molecule has 2 rings (SSSR count). The van der Waals surface area contributed by atoms with Crippen LogP contribution in [-0.2, 0) is 0 Å². The van der Waals surface area contributed by atoms with Gasteiger partial charge >= 0.3 is 0 Å². The van der Waals surface area contributed by atoms with Crippen molar-refractivity contribution in [2.45, 2.75) is 0 Å². The van der Waals surface area contributed by atoms with Gasteiger partial charge in [0, 0.05) is 0 Å². The number of nitrogens with one attached hydrogen (secondary N) is 1. The highest BCUT2D eigenvalue weighted by Crippen LogP contribution is 2.09. The molecule has 3 N–H and O–H groups in total. The third-order valence-electron chi connectivity index (χ3n) is 1.62. The van der Waals surface area contributed by atoms with Crippen LogP contribution in [0.1, 0.15) is 0 Å². The van der Waals surface area contributed by atoms with Crippen molar-refractivity contribution in [3.05, 3.63) is 18.5 Å². The maximum Gasteiger partial charge on any atom is 0.179 e. The summed E-state index contributed by atoms with van der Waals surface area (Å²) >= 11 is 2.64. The van der Waals surface area contributed by atoms with Crippen molar-refractivity contribution in [3.63, 3.8) is 0 Å². The highest BCUT2D eigenvalue weighted by Gasteiger charge is 1.97. The smallest absolute Gasteiger partial charge is 0.179 e. The summed E-state index contributed by atoms with van der Waals surface area (Å²) in [6.45, 7) is 0. The number of nitrogens with two attached hydrogens (primary N) is 1. The van der Waals surface area contributed by atoms with Crippen LogP contribution >= 0.6 is 0 Å². The van der Waals surface area contributed by atoms with E-state index in [4.69, 9.17) is 5.73 Å². The molecule has 0 amide bonds. The van der Waals surface area contributed by atoms with Crippen LogP contribution in [-0.4, -0.2) is 26.3 Å². The zero-order chi connectivity index (χ0) is 7.84. The van der Waals surface area contributed by atoms with E-state index in [0.717, 1.165) is 15.3 Å². The van der Waals surface area contributed by atoms with Gasteiger partial charge in [0.1, 0.15) is 5.82 Å². The highest BCUT2D eigenvalue weighted by atomic mass is 27.0. The molecule has 0 unspecified atom stereocenters. The molecule has 3 nitrogen and oxygen atoms in total. The molecule has 0 aromatic carbocycles. The van der Waals surface area contributed by atoms with Crippen LogP contribution < -0.4 is 10.2 Å². The Balaban J connectivity index is 2.87. The molecule has 2 aromatic heterocycles. The van der Waals surface area contributed by atoms with E-state index in [0.29, 0.717) is 5.82 Å². The lowest BCUT2D eigenvalue weighted by Crippen LogP contribution is -1.98. The molecule has 11 heavy (non-hydrogen) atoms. The van der Waals surface area contributed by atoms with Crippen LogP contribution in [0.15, 0.2) is 18.5 Å². The van der Waals surface area contributed by atoms with E-state index in [-0.39, 0.29) is 0 Å². The van der Waals surface area contributed by atoms with Crippen LogP contribution in [0, 0.1) is 0 Å². The lowest BCUT2D eigenvalue weighted by Gasteiger charge is -1.92. The Morgan fingerprint density at radius 2 is 2.36 bits per heavy atom. The maximum absolute atomic E-state index is 5.52. The third kappa shape index (κ3) is 1.01. The van der Waals surface area contributed by atoms with Crippen molar-refractivity contribution in [2.24, 2.45) is 0 Å². The maximum atomic E-state index is 5.52. The molecule has 52 valence electrons. The summed E-state index contributed by atoms with van der Waals surface area (Å²) in [4.78, 5) is 7.03. The quantitative estimate of drug-likeness (QED) is 0.529. The van der Waals surface area contributed by atoms with E-state index >= 15 is 0 Å². The first-order valence-corrected chi connectivity index (χ1v) is 3.83. The van der Waals surface area contributed by atoms with Gasteiger partial charge in [-0.2, -0.15) is 0 Å². The van der Waals surface area contributed by atoms with Gasteiger partial charge in [0.25, 0.3) is 0 Å². The summed E-state index contributed by atoms with van der Waals surface area (Å²) in [5.41, 5.74) is 6.54. The van der Waals surface area contributed by atoms with Gasteiger partial charge < -0.3 is 10.7 Å². The Morgan fingerprint density at radius 3 is 3.18 bits per heavy atom. The molecular weight excluding hydrogens is 153 g/mol. The second kappa shape index (κ2) is 2.26. The summed E-state index contributed by atoms with van der Waals surface area (Å²) in [5, 5.41) is 1.11. The molecule has 2 radical (unpaired) electrons. The highest BCUT2D eigenvalue weighted by molar-refractivity contribution is 6.38. The molecule has 2 aromatic rings. The average molecular weight is 159 g/mol. The molecule has 2 heterocycles. The largest absolute Gasteiger partial charge is 0.384 e. The van der Waals surface area contributed by atoms with Gasteiger partial charge in [-0.3, -0.25) is 0 Å². The van der Waals surface area contributed by atoms with E-state index in [1.807, 2.05) is 12.3 Å². The van der Waals surface area contributed by atoms with Crippen molar-refractivity contribution in [1.82, 2.24) is 9.97 Å². The normalized spacial score (nSPS) is 10.5. The van der Waals surface area contributed by atoms with Crippen molar-refractivity contribution < 1.29 is 0 Å². The second-order valence-corrected chi connectivity index (χ2v) is 3.02. The Labute approximate surface area is 72.0 Å². The van der Waals surface area contributed by atoms with Gasteiger partial charge in [-0.25, -0.2) is 4.98 Å². The van der Waals surface area contributed by atoms with Gasteiger partial charge in [-0.15, -0.1) is 4.43 Å². The second-order valence-electron chi connectivity index (χ2n) is 2.40. The summed E-state index contributed by atoms with van der Waals surface area (Å²) < 4.78 is 1.12. The van der Waals surface area contributed by atoms with Gasteiger partial charge in [-0.1, -0.05) is 0 Å². The topological polar surface area (TPSA) is 54.7 Å². The van der Waals surface area contributed by atoms with Crippen molar-refractivity contribution >= 4 is 37.4 Å². The summed E-state index contributed by atoms with van der Waals surface area (Å²) in [6, 6.07) is 1.86. The number of fused-ring (bicyclic) bond motifs is 1. The molecule has 0 saturated carbocycles. The van der Waals surface area contributed by atoms with Crippen LogP contribution in [0.25, 0.3) is 10.9 Å². The first-order valence-electron chi connectivity index (χ1n) is 3.25. The number of anilines is 1. The lowest BCUT2D eigenvalue weighted by atomic mass is 10.3. The lowest BCUT2D eigenvalue weighted by molar-refractivity contribution is 1.34. The Bertz CT molecular complexity index is 393. The van der Waals surface area contributed by atoms with Crippen LogP contribution in [0.5, 0.6) is 0 Å². The minimum absolute atomic E-state index is 0.556. The summed E-state index contributed by atoms with van der Waals surface area (Å²) in [7, 11) is 0. The number of nitrogen functional groups attached to an aromatic ring is 1. The number of pyridine rings is 1. The number of nitrogens with zero attached hydrogens (tertiary/aromatic N) is 1. The molecule has 0 fully saturated rings. The Kier molecular flexibility index (Phi) is 1.38. The van der Waals surface area contributed by atoms with E-state index in [9.17, 15) is 0 Å². The third-order valence-corrected chi connectivity index (χ3v) is 2.10. The monoisotopic (exact) mass is 159 g/mol. The van der Waals surface area contributed by atoms with Crippen molar-refractivity contribution in [2.75, 3.05) is 5.73 Å². The van der Waals surface area contributed by atoms with Crippen molar-refractivity contribution in [3.8, 4) is 0 Å². The van der Waals surface area contributed by atoms with Gasteiger partial charge in [0.2, 0.25) is 0 Å². The number of hydrogen-bond donors (Lipinski definition) is 2. The Hall–Kier alpha value is -0.978. The predicted molar refractivity (Wildman–Crippen MR) is 45.9 cm³/mol. The van der Waals surface area contributed by atoms with E-state index in [2.05, 4.69) is 26.3 Å². The predicted octanol–water partition coefficient (Wildman–Crippen LogP) is -0.0611. The fourth-order valence-corrected chi connectivity index (χ4v) is 1.38. The zero-order valence-electron chi connectivity index (χ0n) is 5.83. The first-order chi connectivity index (χ1) is 5.27. The number of rotatable bonds is 0. The van der Waals surface area contributed by atoms with Gasteiger partial charge in [0.15, 0.2) is 16.3 Å². The number of hydrogen-bond acceptors (Lipinski definition) is 2. The summed E-state index contributed by atoms with van der Waals surface area (Å²) in [6.07, 6.45) is 3.65. The van der Waals surface area contributed by atoms with Crippen LogP contribution in [0.2, 0.25) is 0 Å². The summed E-state index contributed by atoms with van der Waals surface area (Å²) in [5.74, 6) is 0.556. The number of H-pyrrole nitrogens is 1. The molecule has 0 bridgehead atoms. The fraction of sp³-hybridized carbons (Fsp3) is 0. The number of aromatic nitrogens is 2. The van der Waals surface area contributed by atoms with E-state index in [1.54, 1.807) is 6.20 Å². The van der Waals surface area contributed by atoms with E-state index < -0.39 is 0 Å². The number of aromatic amines is 1. The average Bonchev–Trinajstić information content (AvgIpc) is 2.33. The van der Waals surface area contributed by atoms with E-state index in [1.165, 1.54) is 0 Å². The van der Waals surface area contributed by atoms with Gasteiger partial charge in [0.05, 0.1) is 11.7 Å². The molecule has 0 atom stereocenters. The SMILES string of the molecule is Nc1cc2[c]([Al])c[nH]c2cn1. The molecule has 4 heteroatoms. The minimum atomic E-state index is 0.556. The van der Waals surface area contributed by atoms with Crippen molar-refractivity contribution in [1.29, 1.82) is 0 Å². The standard InChI is InChI=1S/C7H6N3.Al/c8-7-3-5-1-2-9-6(5)4-10-7;/h2-4,9H,(H2,8,10);. The molecule has 0 aliphatic heterocycles. The molecule has 0 spiro atoms. The molecular formula is C7H6AlN3. The zero-order valence-corrected chi connectivity index (χ0v) is 6.99.